The summed E-state index contributed by atoms with van der Waals surface area (Å²) in [6, 6.07) is 0. The lowest BCUT2D eigenvalue weighted by atomic mass is 10.1. The minimum atomic E-state index is -0.0752. The topological polar surface area (TPSA) is 0 Å². The van der Waals surface area contributed by atoms with Gasteiger partial charge in [0.25, 0.3) is 0 Å². The quantitative estimate of drug-likeness (QED) is 0.451. The van der Waals surface area contributed by atoms with Crippen molar-refractivity contribution in [1.82, 2.24) is 0 Å². The van der Waals surface area contributed by atoms with Crippen molar-refractivity contribution in [1.29, 1.82) is 0 Å². The maximum atomic E-state index is 12.2. The van der Waals surface area contributed by atoms with Crippen LogP contribution in [0, 0.1) is 0 Å². The maximum absolute atomic E-state index is 12.2. The molecule has 0 saturated carbocycles. The van der Waals surface area contributed by atoms with Gasteiger partial charge in [0.05, 0.1) is 0 Å². The van der Waals surface area contributed by atoms with Crippen LogP contribution in [0.15, 0.2) is 23.6 Å². The van der Waals surface area contributed by atoms with Gasteiger partial charge in [0.2, 0.25) is 0 Å². The summed E-state index contributed by atoms with van der Waals surface area (Å²) in [5.74, 6) is -0.0752. The van der Waals surface area contributed by atoms with Crippen LogP contribution in [0.25, 0.3) is 0 Å². The molecule has 0 unspecified atom stereocenters. The van der Waals surface area contributed by atoms with E-state index in [0.29, 0.717) is 0 Å². The van der Waals surface area contributed by atoms with E-state index in [0.717, 1.165) is 18.4 Å². The van der Waals surface area contributed by atoms with Crippen molar-refractivity contribution in [3.05, 3.63) is 23.6 Å². The molecule has 0 heterocycles. The molecule has 0 amide bonds. The van der Waals surface area contributed by atoms with E-state index in [9.17, 15) is 4.39 Å². The number of hydrogen-bond donors (Lipinski definition) is 0. The summed E-state index contributed by atoms with van der Waals surface area (Å²) in [6.45, 7) is 1.95. The van der Waals surface area contributed by atoms with E-state index in [2.05, 4.69) is 0 Å². The molecule has 1 aliphatic rings. The number of rotatable bonds is 0. The normalized spacial score (nSPS) is 19.8. The maximum Gasteiger partial charge on any atom is 0.119 e. The Morgan fingerprint density at radius 3 is 2.75 bits per heavy atom. The van der Waals surface area contributed by atoms with E-state index < -0.39 is 0 Å². The van der Waals surface area contributed by atoms with Gasteiger partial charge in [-0.2, -0.15) is 0 Å². The Balaban J connectivity index is 2.69. The summed E-state index contributed by atoms with van der Waals surface area (Å²) >= 11 is 0. The van der Waals surface area contributed by atoms with Crippen molar-refractivity contribution in [2.24, 2.45) is 0 Å². The van der Waals surface area contributed by atoms with Crippen molar-refractivity contribution in [2.75, 3.05) is 0 Å². The molecule has 0 aromatic rings. The van der Waals surface area contributed by atoms with E-state index in [1.54, 1.807) is 12.2 Å². The van der Waals surface area contributed by atoms with Gasteiger partial charge in [0.1, 0.15) is 5.83 Å². The molecule has 8 heavy (non-hydrogen) atoms. The molecule has 0 nitrogen and oxygen atoms in total. The summed E-state index contributed by atoms with van der Waals surface area (Å²) in [7, 11) is 0. The molecule has 0 N–H and O–H groups in total. The molecular formula is C7H9F. The first kappa shape index (κ1) is 5.54. The fraction of sp³-hybridized carbons (Fsp3) is 0.429. The molecule has 0 aromatic heterocycles. The van der Waals surface area contributed by atoms with E-state index >= 15 is 0 Å². The largest absolute Gasteiger partial charge is 0.207 e. The number of hydrogen-bond acceptors (Lipinski definition) is 0. The monoisotopic (exact) mass is 112 g/mol. The fourth-order valence-corrected chi connectivity index (χ4v) is 0.804. The van der Waals surface area contributed by atoms with Crippen molar-refractivity contribution in [3.63, 3.8) is 0 Å². The van der Waals surface area contributed by atoms with Gasteiger partial charge in [-0.1, -0.05) is 5.57 Å². The Kier molecular flexibility index (Phi) is 1.47. The van der Waals surface area contributed by atoms with Gasteiger partial charge >= 0.3 is 0 Å². The molecule has 0 saturated heterocycles. The minimum absolute atomic E-state index is 0.0752. The molecule has 0 spiro atoms. The van der Waals surface area contributed by atoms with Gasteiger partial charge in [-0.25, -0.2) is 4.39 Å². The zero-order valence-electron chi connectivity index (χ0n) is 4.95. The second kappa shape index (κ2) is 2.12. The van der Waals surface area contributed by atoms with Crippen LogP contribution in [-0.4, -0.2) is 0 Å². The zero-order valence-corrected chi connectivity index (χ0v) is 4.95. The Labute approximate surface area is 48.7 Å². The summed E-state index contributed by atoms with van der Waals surface area (Å²) in [5.41, 5.74) is 1.14. The van der Waals surface area contributed by atoms with Crippen LogP contribution >= 0.6 is 0 Å². The molecule has 1 rings (SSSR count). The average molecular weight is 112 g/mol. The third-order valence-corrected chi connectivity index (χ3v) is 1.26. The van der Waals surface area contributed by atoms with Crippen LogP contribution in [0.4, 0.5) is 4.39 Å². The molecule has 1 aliphatic carbocycles. The first-order valence-corrected chi connectivity index (χ1v) is 2.82. The van der Waals surface area contributed by atoms with Crippen molar-refractivity contribution >= 4 is 0 Å². The third kappa shape index (κ3) is 1.19. The smallest absolute Gasteiger partial charge is 0.119 e. The molecule has 1 heteroatoms. The highest BCUT2D eigenvalue weighted by atomic mass is 19.1. The Hall–Kier alpha value is -0.590. The predicted molar refractivity (Wildman–Crippen MR) is 32.2 cm³/mol. The zero-order chi connectivity index (χ0) is 5.98. The molecule has 0 aromatic carbocycles. The molecule has 44 valence electrons. The highest BCUT2D eigenvalue weighted by Crippen LogP contribution is 2.16. The summed E-state index contributed by atoms with van der Waals surface area (Å²) < 4.78 is 12.2. The Bertz CT molecular complexity index is 142. The predicted octanol–water partition coefficient (Wildman–Crippen LogP) is 2.58. The fourth-order valence-electron chi connectivity index (χ4n) is 0.804. The van der Waals surface area contributed by atoms with Crippen LogP contribution in [-0.2, 0) is 0 Å². The van der Waals surface area contributed by atoms with Gasteiger partial charge in [-0.15, -0.1) is 0 Å². The molecule has 0 radical (unpaired) electrons. The summed E-state index contributed by atoms with van der Waals surface area (Å²) in [6.07, 6.45) is 5.10. The van der Waals surface area contributed by atoms with E-state index in [1.807, 2.05) is 6.92 Å². The highest BCUT2D eigenvalue weighted by Gasteiger charge is 1.97. The lowest BCUT2D eigenvalue weighted by Gasteiger charge is -2.01. The second-order valence-electron chi connectivity index (χ2n) is 2.12. The lowest BCUT2D eigenvalue weighted by molar-refractivity contribution is 0.647. The van der Waals surface area contributed by atoms with E-state index in [-0.39, 0.29) is 5.83 Å². The van der Waals surface area contributed by atoms with Gasteiger partial charge < -0.3 is 0 Å². The minimum Gasteiger partial charge on any atom is -0.207 e. The van der Waals surface area contributed by atoms with Gasteiger partial charge in [0, 0.05) is 0 Å². The molecular weight excluding hydrogens is 103 g/mol. The van der Waals surface area contributed by atoms with Gasteiger partial charge in [-0.3, -0.25) is 0 Å². The lowest BCUT2D eigenvalue weighted by Crippen LogP contribution is -1.83. The van der Waals surface area contributed by atoms with Crippen molar-refractivity contribution in [3.8, 4) is 0 Å². The van der Waals surface area contributed by atoms with Gasteiger partial charge in [-0.05, 0) is 31.9 Å². The van der Waals surface area contributed by atoms with Crippen molar-refractivity contribution in [2.45, 2.75) is 19.8 Å². The molecule has 0 fully saturated rings. The molecule has 0 bridgehead atoms. The Morgan fingerprint density at radius 2 is 2.38 bits per heavy atom. The van der Waals surface area contributed by atoms with Crippen LogP contribution < -0.4 is 0 Å². The third-order valence-electron chi connectivity index (χ3n) is 1.26. The van der Waals surface area contributed by atoms with Crippen molar-refractivity contribution < 1.29 is 4.39 Å². The van der Waals surface area contributed by atoms with Crippen LogP contribution in [0.5, 0.6) is 0 Å². The number of allylic oxidation sites excluding steroid dienone is 4. The second-order valence-corrected chi connectivity index (χ2v) is 2.12. The van der Waals surface area contributed by atoms with Crippen LogP contribution in [0.2, 0.25) is 0 Å². The van der Waals surface area contributed by atoms with Gasteiger partial charge in [0.15, 0.2) is 0 Å². The summed E-state index contributed by atoms with van der Waals surface area (Å²) in [4.78, 5) is 0. The average Bonchev–Trinajstić information content (AvgIpc) is 1.64. The highest BCUT2D eigenvalue weighted by molar-refractivity contribution is 5.20. The standard InChI is InChI=1S/C7H9F/c1-6-3-2-4-7(8)5-6/h4-5H,2-3H2,1H3. The SMILES string of the molecule is CC1=CC(F)=CCC1. The van der Waals surface area contributed by atoms with Crippen LogP contribution in [0.3, 0.4) is 0 Å². The number of halogens is 1. The Morgan fingerprint density at radius 1 is 1.62 bits per heavy atom. The van der Waals surface area contributed by atoms with E-state index in [4.69, 9.17) is 0 Å². The first-order chi connectivity index (χ1) is 3.79. The van der Waals surface area contributed by atoms with E-state index in [1.165, 1.54) is 0 Å². The van der Waals surface area contributed by atoms with Crippen LogP contribution in [0.1, 0.15) is 19.8 Å². The molecule has 0 aliphatic heterocycles. The summed E-state index contributed by atoms with van der Waals surface area (Å²) in [5, 5.41) is 0. The first-order valence-electron chi connectivity index (χ1n) is 2.82. The molecule has 0 atom stereocenters.